The number of piperidine rings is 1. The van der Waals surface area contributed by atoms with E-state index in [0.29, 0.717) is 19.4 Å². The molecule has 0 saturated carbocycles. The van der Waals surface area contributed by atoms with E-state index in [4.69, 9.17) is 4.74 Å². The predicted octanol–water partition coefficient (Wildman–Crippen LogP) is 0.168. The minimum Gasteiger partial charge on any atom is -0.380 e. The fourth-order valence-corrected chi connectivity index (χ4v) is 3.85. The van der Waals surface area contributed by atoms with Gasteiger partial charge in [-0.25, -0.2) is 0 Å². The van der Waals surface area contributed by atoms with Crippen LogP contribution < -0.4 is 5.32 Å². The molecule has 8 heteroatoms. The fourth-order valence-electron chi connectivity index (χ4n) is 3.85. The van der Waals surface area contributed by atoms with Gasteiger partial charge in [0, 0.05) is 65.1 Å². The van der Waals surface area contributed by atoms with E-state index in [1.54, 1.807) is 22.8 Å². The van der Waals surface area contributed by atoms with Gasteiger partial charge in [0.2, 0.25) is 11.8 Å². The molecule has 1 N–H and O–H groups in total. The van der Waals surface area contributed by atoms with Crippen LogP contribution in [0, 0.1) is 5.92 Å². The molecule has 2 atom stereocenters. The van der Waals surface area contributed by atoms with Crippen molar-refractivity contribution < 1.29 is 14.3 Å². The van der Waals surface area contributed by atoms with E-state index in [2.05, 4.69) is 15.3 Å². The molecule has 2 aliphatic rings. The van der Waals surface area contributed by atoms with Gasteiger partial charge in [-0.3, -0.25) is 19.2 Å². The van der Waals surface area contributed by atoms with Crippen LogP contribution in [-0.4, -0.2) is 77.8 Å². The van der Waals surface area contributed by atoms with Crippen LogP contribution in [0.5, 0.6) is 0 Å². The van der Waals surface area contributed by atoms with E-state index in [0.717, 1.165) is 44.8 Å². The molecule has 8 nitrogen and oxygen atoms in total. The lowest BCUT2D eigenvalue weighted by Gasteiger charge is -2.37. The van der Waals surface area contributed by atoms with Crippen molar-refractivity contribution in [3.8, 4) is 0 Å². The second-order valence-electron chi connectivity index (χ2n) is 7.14. The summed E-state index contributed by atoms with van der Waals surface area (Å²) in [5, 5.41) is 7.28. The van der Waals surface area contributed by atoms with Crippen LogP contribution in [0.3, 0.4) is 0 Å². The standard InChI is InChI=1S/C18H29N5O3/c1-21-13-14(12-20-21)17-15(4-5-16(24)22(17)2)18(25)19-6-8-23-7-3-10-26-11-9-23/h12-13,15,17H,3-11H2,1-2H3,(H,19,25). The van der Waals surface area contributed by atoms with E-state index >= 15 is 0 Å². The second-order valence-corrected chi connectivity index (χ2v) is 7.14. The number of ether oxygens (including phenoxy) is 1. The maximum atomic E-state index is 12.8. The third-order valence-corrected chi connectivity index (χ3v) is 5.31. The molecule has 0 radical (unpaired) electrons. The average molecular weight is 363 g/mol. The molecule has 2 unspecified atom stereocenters. The van der Waals surface area contributed by atoms with Gasteiger partial charge < -0.3 is 15.0 Å². The first-order valence-electron chi connectivity index (χ1n) is 9.38. The van der Waals surface area contributed by atoms with Crippen molar-refractivity contribution in [1.82, 2.24) is 24.9 Å². The van der Waals surface area contributed by atoms with Crippen LogP contribution >= 0.6 is 0 Å². The molecule has 0 aromatic carbocycles. The quantitative estimate of drug-likeness (QED) is 0.807. The van der Waals surface area contributed by atoms with Crippen molar-refractivity contribution in [3.63, 3.8) is 0 Å². The molecule has 2 saturated heterocycles. The average Bonchev–Trinajstić information content (AvgIpc) is 2.88. The zero-order valence-corrected chi connectivity index (χ0v) is 15.7. The zero-order valence-electron chi connectivity index (χ0n) is 15.7. The number of carbonyl (C=O) groups excluding carboxylic acids is 2. The third kappa shape index (κ3) is 4.42. The molecule has 144 valence electrons. The Morgan fingerprint density at radius 3 is 2.96 bits per heavy atom. The smallest absolute Gasteiger partial charge is 0.225 e. The van der Waals surface area contributed by atoms with Gasteiger partial charge in [-0.2, -0.15) is 5.10 Å². The van der Waals surface area contributed by atoms with Crippen LogP contribution in [-0.2, 0) is 21.4 Å². The molecule has 26 heavy (non-hydrogen) atoms. The highest BCUT2D eigenvalue weighted by Gasteiger charge is 2.39. The SMILES string of the molecule is CN1C(=O)CCC(C(=O)NCCN2CCCOCC2)C1c1cnn(C)c1. The van der Waals surface area contributed by atoms with E-state index in [1.165, 1.54) is 0 Å². The summed E-state index contributed by atoms with van der Waals surface area (Å²) in [5.74, 6) is -0.147. The number of aryl methyl sites for hydroxylation is 1. The zero-order chi connectivity index (χ0) is 18.5. The molecular formula is C18H29N5O3. The Morgan fingerprint density at radius 1 is 1.35 bits per heavy atom. The molecule has 1 aromatic heterocycles. The van der Waals surface area contributed by atoms with Gasteiger partial charge in [0.25, 0.3) is 0 Å². The highest BCUT2D eigenvalue weighted by molar-refractivity contribution is 5.84. The molecular weight excluding hydrogens is 334 g/mol. The Bertz CT molecular complexity index is 624. The number of nitrogens with zero attached hydrogens (tertiary/aromatic N) is 4. The summed E-state index contributed by atoms with van der Waals surface area (Å²) >= 11 is 0. The summed E-state index contributed by atoms with van der Waals surface area (Å²) in [5.41, 5.74) is 0.910. The molecule has 2 fully saturated rings. The number of likely N-dealkylation sites (tertiary alicyclic amines) is 1. The van der Waals surface area contributed by atoms with Crippen LogP contribution in [0.15, 0.2) is 12.4 Å². The Hall–Kier alpha value is -1.93. The lowest BCUT2D eigenvalue weighted by molar-refractivity contribution is -0.141. The molecule has 3 rings (SSSR count). The number of nitrogens with one attached hydrogen (secondary N) is 1. The minimum atomic E-state index is -0.253. The number of amides is 2. The topological polar surface area (TPSA) is 79.7 Å². The van der Waals surface area contributed by atoms with Gasteiger partial charge >= 0.3 is 0 Å². The largest absolute Gasteiger partial charge is 0.380 e. The summed E-state index contributed by atoms with van der Waals surface area (Å²) in [4.78, 5) is 29.0. The number of aromatic nitrogens is 2. The van der Waals surface area contributed by atoms with Gasteiger partial charge in [-0.05, 0) is 12.8 Å². The van der Waals surface area contributed by atoms with Gasteiger partial charge in [0.15, 0.2) is 0 Å². The third-order valence-electron chi connectivity index (χ3n) is 5.31. The number of hydrogen-bond acceptors (Lipinski definition) is 5. The van der Waals surface area contributed by atoms with Crippen molar-refractivity contribution in [2.75, 3.05) is 46.4 Å². The predicted molar refractivity (Wildman–Crippen MR) is 96.3 cm³/mol. The summed E-state index contributed by atoms with van der Waals surface area (Å²) in [6.45, 7) is 4.94. The Kier molecular flexibility index (Phi) is 6.26. The molecule has 1 aromatic rings. The second kappa shape index (κ2) is 8.64. The molecule has 0 spiro atoms. The molecule has 2 amide bonds. The summed E-state index contributed by atoms with van der Waals surface area (Å²) in [7, 11) is 3.62. The minimum absolute atomic E-state index is 0.0178. The lowest BCUT2D eigenvalue weighted by atomic mass is 9.85. The summed E-state index contributed by atoms with van der Waals surface area (Å²) in [6.07, 6.45) is 5.65. The van der Waals surface area contributed by atoms with Crippen molar-refractivity contribution >= 4 is 11.8 Å². The molecule has 2 aliphatic heterocycles. The van der Waals surface area contributed by atoms with Crippen molar-refractivity contribution in [2.24, 2.45) is 13.0 Å². The number of carbonyl (C=O) groups is 2. The Labute approximate surface area is 154 Å². The van der Waals surface area contributed by atoms with Crippen molar-refractivity contribution in [2.45, 2.75) is 25.3 Å². The normalized spacial score (nSPS) is 25.2. The first-order chi connectivity index (χ1) is 12.6. The summed E-state index contributed by atoms with van der Waals surface area (Å²) in [6, 6.07) is -0.253. The van der Waals surface area contributed by atoms with Gasteiger partial charge in [0.05, 0.1) is 24.8 Å². The first-order valence-corrected chi connectivity index (χ1v) is 9.38. The van der Waals surface area contributed by atoms with Crippen LogP contribution in [0.25, 0.3) is 0 Å². The van der Waals surface area contributed by atoms with Crippen molar-refractivity contribution in [3.05, 3.63) is 18.0 Å². The Morgan fingerprint density at radius 2 is 2.19 bits per heavy atom. The van der Waals surface area contributed by atoms with Crippen LogP contribution in [0.4, 0.5) is 0 Å². The first kappa shape index (κ1) is 18.8. The molecule has 0 aliphatic carbocycles. The van der Waals surface area contributed by atoms with E-state index < -0.39 is 0 Å². The molecule has 0 bridgehead atoms. The lowest BCUT2D eigenvalue weighted by Crippen LogP contribution is -2.47. The van der Waals surface area contributed by atoms with E-state index in [1.807, 2.05) is 13.2 Å². The van der Waals surface area contributed by atoms with Crippen molar-refractivity contribution in [1.29, 1.82) is 0 Å². The number of rotatable bonds is 5. The van der Waals surface area contributed by atoms with Gasteiger partial charge in [0.1, 0.15) is 0 Å². The number of hydrogen-bond donors (Lipinski definition) is 1. The molecule has 3 heterocycles. The van der Waals surface area contributed by atoms with E-state index in [9.17, 15) is 9.59 Å². The van der Waals surface area contributed by atoms with Crippen LogP contribution in [0.2, 0.25) is 0 Å². The monoisotopic (exact) mass is 363 g/mol. The van der Waals surface area contributed by atoms with Crippen LogP contribution in [0.1, 0.15) is 30.9 Å². The van der Waals surface area contributed by atoms with Gasteiger partial charge in [-0.15, -0.1) is 0 Å². The Balaban J connectivity index is 1.59. The van der Waals surface area contributed by atoms with E-state index in [-0.39, 0.29) is 23.8 Å². The van der Waals surface area contributed by atoms with Gasteiger partial charge in [-0.1, -0.05) is 0 Å². The highest BCUT2D eigenvalue weighted by atomic mass is 16.5. The summed E-state index contributed by atoms with van der Waals surface area (Å²) < 4.78 is 7.17. The maximum Gasteiger partial charge on any atom is 0.225 e. The fraction of sp³-hybridized carbons (Fsp3) is 0.722. The highest BCUT2D eigenvalue weighted by Crippen LogP contribution is 2.35. The maximum absolute atomic E-state index is 12.8.